The number of amides is 1. The lowest BCUT2D eigenvalue weighted by Crippen LogP contribution is -2.30. The Bertz CT molecular complexity index is 946. The quantitative estimate of drug-likeness (QED) is 0.289. The van der Waals surface area contributed by atoms with E-state index in [2.05, 4.69) is 6.92 Å². The van der Waals surface area contributed by atoms with Gasteiger partial charge in [0.2, 0.25) is 0 Å². The molecular formula is C25H29NO4. The maximum absolute atomic E-state index is 13.0. The van der Waals surface area contributed by atoms with Crippen LogP contribution in [0.3, 0.4) is 0 Å². The number of hydrogen-bond donors (Lipinski definition) is 1. The van der Waals surface area contributed by atoms with Crippen molar-refractivity contribution in [3.05, 3.63) is 70.8 Å². The number of rotatable bonds is 8. The molecule has 0 spiro atoms. The Morgan fingerprint density at radius 3 is 2.40 bits per heavy atom. The molecule has 3 rings (SSSR count). The molecule has 1 aliphatic heterocycles. The number of ether oxygens (including phenoxy) is 1. The molecule has 2 aromatic rings. The van der Waals surface area contributed by atoms with Crippen LogP contribution in [0.4, 0.5) is 0 Å². The number of hydrogen-bond acceptors (Lipinski definition) is 4. The first kappa shape index (κ1) is 21.6. The van der Waals surface area contributed by atoms with Crippen LogP contribution in [0.2, 0.25) is 0 Å². The third kappa shape index (κ3) is 4.25. The number of Topliss-reactive ketones (excluding diaryl/α,β-unsaturated/α-hetero) is 1. The van der Waals surface area contributed by atoms with Crippen LogP contribution in [0, 0.1) is 6.92 Å². The number of para-hydroxylation sites is 1. The summed E-state index contributed by atoms with van der Waals surface area (Å²) in [5.74, 6) is -0.798. The first-order valence-corrected chi connectivity index (χ1v) is 10.5. The van der Waals surface area contributed by atoms with Crippen molar-refractivity contribution in [2.45, 2.75) is 45.6 Å². The Labute approximate surface area is 178 Å². The topological polar surface area (TPSA) is 66.8 Å². The summed E-state index contributed by atoms with van der Waals surface area (Å²) in [7, 11) is 1.56. The van der Waals surface area contributed by atoms with E-state index in [0.717, 1.165) is 31.2 Å². The first-order chi connectivity index (χ1) is 14.5. The van der Waals surface area contributed by atoms with Gasteiger partial charge in [-0.3, -0.25) is 9.59 Å². The zero-order valence-electron chi connectivity index (χ0n) is 17.9. The van der Waals surface area contributed by atoms with Gasteiger partial charge in [-0.2, -0.15) is 0 Å². The molecule has 158 valence electrons. The van der Waals surface area contributed by atoms with Crippen molar-refractivity contribution in [3.63, 3.8) is 0 Å². The molecule has 5 nitrogen and oxygen atoms in total. The monoisotopic (exact) mass is 407 g/mol. The summed E-state index contributed by atoms with van der Waals surface area (Å²) in [4.78, 5) is 27.5. The normalized spacial score (nSPS) is 18.1. The van der Waals surface area contributed by atoms with E-state index >= 15 is 0 Å². The van der Waals surface area contributed by atoms with E-state index in [4.69, 9.17) is 4.74 Å². The molecule has 5 heteroatoms. The van der Waals surface area contributed by atoms with E-state index < -0.39 is 17.7 Å². The van der Waals surface area contributed by atoms with Crippen molar-refractivity contribution in [3.8, 4) is 5.75 Å². The zero-order chi connectivity index (χ0) is 21.7. The summed E-state index contributed by atoms with van der Waals surface area (Å²) >= 11 is 0. The average Bonchev–Trinajstić information content (AvgIpc) is 3.01. The number of methoxy groups -OCH3 is 1. The number of unbranched alkanes of at least 4 members (excludes halogenated alkanes) is 3. The molecule has 2 aromatic carbocycles. The molecule has 1 N–H and O–H groups in total. The zero-order valence-corrected chi connectivity index (χ0v) is 17.9. The molecule has 30 heavy (non-hydrogen) atoms. The molecule has 0 unspecified atom stereocenters. The Kier molecular flexibility index (Phi) is 6.93. The number of ketones is 1. The van der Waals surface area contributed by atoms with Crippen LogP contribution < -0.4 is 4.74 Å². The maximum atomic E-state index is 13.0. The molecule has 0 saturated carbocycles. The van der Waals surface area contributed by atoms with Crippen molar-refractivity contribution in [2.24, 2.45) is 0 Å². The summed E-state index contributed by atoms with van der Waals surface area (Å²) in [6, 6.07) is 13.9. The fourth-order valence-corrected chi connectivity index (χ4v) is 3.90. The number of benzene rings is 2. The van der Waals surface area contributed by atoms with E-state index in [1.807, 2.05) is 37.3 Å². The van der Waals surface area contributed by atoms with E-state index in [1.54, 1.807) is 30.2 Å². The van der Waals surface area contributed by atoms with Gasteiger partial charge in [-0.1, -0.05) is 74.2 Å². The second-order valence-corrected chi connectivity index (χ2v) is 7.66. The Hall–Kier alpha value is -3.08. The largest absolute Gasteiger partial charge is 0.507 e. The SMILES string of the molecule is CCCCCCN1C(=O)C(=O)C(=C(O)c2ccc(C)cc2)[C@@H]1c1ccccc1OC. The minimum absolute atomic E-state index is 0.115. The summed E-state index contributed by atoms with van der Waals surface area (Å²) < 4.78 is 5.52. The number of carbonyl (C=O) groups excluding carboxylic acids is 2. The molecular weight excluding hydrogens is 378 g/mol. The van der Waals surface area contributed by atoms with E-state index in [1.165, 1.54) is 0 Å². The van der Waals surface area contributed by atoms with Crippen molar-refractivity contribution in [1.29, 1.82) is 0 Å². The van der Waals surface area contributed by atoms with Crippen LogP contribution in [0.5, 0.6) is 5.75 Å². The van der Waals surface area contributed by atoms with Crippen LogP contribution in [0.15, 0.2) is 54.1 Å². The first-order valence-electron chi connectivity index (χ1n) is 10.5. The number of aryl methyl sites for hydroxylation is 1. The predicted octanol–water partition coefficient (Wildman–Crippen LogP) is 5.01. The molecule has 1 heterocycles. The smallest absolute Gasteiger partial charge is 0.295 e. The highest BCUT2D eigenvalue weighted by molar-refractivity contribution is 6.46. The van der Waals surface area contributed by atoms with Crippen LogP contribution in [-0.4, -0.2) is 35.4 Å². The van der Waals surface area contributed by atoms with Crippen molar-refractivity contribution in [1.82, 2.24) is 4.90 Å². The van der Waals surface area contributed by atoms with Crippen molar-refractivity contribution < 1.29 is 19.4 Å². The van der Waals surface area contributed by atoms with Gasteiger partial charge in [0.15, 0.2) is 0 Å². The average molecular weight is 408 g/mol. The summed E-state index contributed by atoms with van der Waals surface area (Å²) in [5.41, 5.74) is 2.38. The van der Waals surface area contributed by atoms with E-state index in [-0.39, 0.29) is 11.3 Å². The van der Waals surface area contributed by atoms with Crippen LogP contribution in [-0.2, 0) is 9.59 Å². The van der Waals surface area contributed by atoms with Crippen molar-refractivity contribution >= 4 is 17.4 Å². The summed E-state index contributed by atoms with van der Waals surface area (Å²) in [5, 5.41) is 11.1. The van der Waals surface area contributed by atoms with Crippen molar-refractivity contribution in [2.75, 3.05) is 13.7 Å². The predicted molar refractivity (Wildman–Crippen MR) is 117 cm³/mol. The Balaban J connectivity index is 2.11. The summed E-state index contributed by atoms with van der Waals surface area (Å²) in [6.45, 7) is 4.54. The molecule has 0 aromatic heterocycles. The molecule has 1 fully saturated rings. The van der Waals surface area contributed by atoms with Gasteiger partial charge in [0.05, 0.1) is 18.7 Å². The van der Waals surface area contributed by atoms with Gasteiger partial charge in [0, 0.05) is 17.7 Å². The fraction of sp³-hybridized carbons (Fsp3) is 0.360. The third-order valence-electron chi connectivity index (χ3n) is 5.55. The molecule has 0 radical (unpaired) electrons. The minimum atomic E-state index is -0.677. The van der Waals surface area contributed by atoms with Gasteiger partial charge >= 0.3 is 0 Å². The number of aliphatic hydroxyl groups is 1. The van der Waals surface area contributed by atoms with E-state index in [0.29, 0.717) is 23.4 Å². The van der Waals surface area contributed by atoms with Gasteiger partial charge in [0.25, 0.3) is 11.7 Å². The highest BCUT2D eigenvalue weighted by Crippen LogP contribution is 2.42. The maximum Gasteiger partial charge on any atom is 0.295 e. The van der Waals surface area contributed by atoms with Gasteiger partial charge in [-0.05, 0) is 19.4 Å². The number of likely N-dealkylation sites (tertiary alicyclic amines) is 1. The molecule has 0 bridgehead atoms. The molecule has 0 aliphatic carbocycles. The number of carbonyl (C=O) groups is 2. The van der Waals surface area contributed by atoms with Crippen LogP contribution >= 0.6 is 0 Å². The lowest BCUT2D eigenvalue weighted by Gasteiger charge is -2.26. The second kappa shape index (κ2) is 9.61. The molecule has 1 atom stereocenters. The minimum Gasteiger partial charge on any atom is -0.507 e. The molecule has 1 saturated heterocycles. The van der Waals surface area contributed by atoms with Gasteiger partial charge in [0.1, 0.15) is 11.5 Å². The highest BCUT2D eigenvalue weighted by Gasteiger charge is 2.46. The standard InChI is InChI=1S/C25H29NO4/c1-4-5-6-9-16-26-22(19-10-7-8-11-20(19)30-3)21(24(28)25(26)29)23(27)18-14-12-17(2)13-15-18/h7-8,10-15,22,27H,4-6,9,16H2,1-3H3/t22-/m0/s1. The number of nitrogens with zero attached hydrogens (tertiary/aromatic N) is 1. The Morgan fingerprint density at radius 2 is 1.73 bits per heavy atom. The summed E-state index contributed by atoms with van der Waals surface area (Å²) in [6.07, 6.45) is 3.95. The second-order valence-electron chi connectivity index (χ2n) is 7.66. The van der Waals surface area contributed by atoms with Gasteiger partial charge < -0.3 is 14.7 Å². The van der Waals surface area contributed by atoms with Gasteiger partial charge in [-0.25, -0.2) is 0 Å². The molecule has 1 aliphatic rings. The third-order valence-corrected chi connectivity index (χ3v) is 5.55. The molecule has 1 amide bonds. The van der Waals surface area contributed by atoms with E-state index in [9.17, 15) is 14.7 Å². The fourth-order valence-electron chi connectivity index (χ4n) is 3.90. The van der Waals surface area contributed by atoms with Gasteiger partial charge in [-0.15, -0.1) is 0 Å². The highest BCUT2D eigenvalue weighted by atomic mass is 16.5. The van der Waals surface area contributed by atoms with Crippen LogP contribution in [0.1, 0.15) is 55.3 Å². The lowest BCUT2D eigenvalue weighted by atomic mass is 9.94. The van der Waals surface area contributed by atoms with Crippen LogP contribution in [0.25, 0.3) is 5.76 Å². The number of aliphatic hydroxyl groups excluding tert-OH is 1. The lowest BCUT2D eigenvalue weighted by molar-refractivity contribution is -0.139. The Morgan fingerprint density at radius 1 is 1.03 bits per heavy atom.